The molecule has 1 aromatic heterocycles. The van der Waals surface area contributed by atoms with Gasteiger partial charge in [-0.05, 0) is 38.4 Å². The average Bonchev–Trinajstić information content (AvgIpc) is 2.48. The maximum absolute atomic E-state index is 14.2. The van der Waals surface area contributed by atoms with Gasteiger partial charge in [-0.2, -0.15) is 0 Å². The van der Waals surface area contributed by atoms with Crippen molar-refractivity contribution >= 4 is 16.7 Å². The van der Waals surface area contributed by atoms with E-state index in [0.29, 0.717) is 23.0 Å². The highest BCUT2D eigenvalue weighted by atomic mass is 19.1. The first-order valence-electron chi connectivity index (χ1n) is 8.14. The SMILES string of the molecule is CC1CCCCN1C1CN(c2ncnc3cccc(F)c23)C1. The third-order valence-electron chi connectivity index (χ3n) is 5.08. The van der Waals surface area contributed by atoms with Gasteiger partial charge in [-0.25, -0.2) is 14.4 Å². The fraction of sp³-hybridized carbons (Fsp3) is 0.529. The van der Waals surface area contributed by atoms with Crippen LogP contribution in [0.2, 0.25) is 0 Å². The van der Waals surface area contributed by atoms with Crippen LogP contribution in [0.5, 0.6) is 0 Å². The van der Waals surface area contributed by atoms with Crippen LogP contribution in [0.4, 0.5) is 10.2 Å². The highest BCUT2D eigenvalue weighted by Crippen LogP contribution is 2.31. The van der Waals surface area contributed by atoms with Gasteiger partial charge in [0.15, 0.2) is 0 Å². The van der Waals surface area contributed by atoms with E-state index in [0.717, 1.165) is 18.9 Å². The van der Waals surface area contributed by atoms with Gasteiger partial charge in [0.1, 0.15) is 18.0 Å². The lowest BCUT2D eigenvalue weighted by Crippen LogP contribution is -2.62. The van der Waals surface area contributed by atoms with Gasteiger partial charge >= 0.3 is 0 Å². The smallest absolute Gasteiger partial charge is 0.142 e. The van der Waals surface area contributed by atoms with E-state index >= 15 is 0 Å². The van der Waals surface area contributed by atoms with Gasteiger partial charge in [-0.1, -0.05) is 12.5 Å². The van der Waals surface area contributed by atoms with Crippen LogP contribution in [-0.4, -0.2) is 46.6 Å². The molecular weight excluding hydrogens is 279 g/mol. The molecule has 0 amide bonds. The van der Waals surface area contributed by atoms with E-state index < -0.39 is 0 Å². The molecule has 0 bridgehead atoms. The van der Waals surface area contributed by atoms with Crippen molar-refractivity contribution in [2.45, 2.75) is 38.3 Å². The van der Waals surface area contributed by atoms with Crippen LogP contribution in [0, 0.1) is 5.82 Å². The number of fused-ring (bicyclic) bond motifs is 1. The second-order valence-corrected chi connectivity index (χ2v) is 6.47. The predicted molar refractivity (Wildman–Crippen MR) is 85.5 cm³/mol. The maximum Gasteiger partial charge on any atom is 0.142 e. The highest BCUT2D eigenvalue weighted by molar-refractivity contribution is 5.90. The van der Waals surface area contributed by atoms with Crippen molar-refractivity contribution < 1.29 is 4.39 Å². The average molecular weight is 300 g/mol. The minimum absolute atomic E-state index is 0.233. The normalized spacial score (nSPS) is 23.7. The molecule has 0 N–H and O–H groups in total. The van der Waals surface area contributed by atoms with Crippen molar-refractivity contribution in [2.75, 3.05) is 24.5 Å². The second kappa shape index (κ2) is 5.47. The van der Waals surface area contributed by atoms with Gasteiger partial charge in [0, 0.05) is 25.2 Å². The Morgan fingerprint density at radius 2 is 2.05 bits per heavy atom. The number of nitrogens with zero attached hydrogens (tertiary/aromatic N) is 4. The van der Waals surface area contributed by atoms with E-state index in [1.54, 1.807) is 6.07 Å². The van der Waals surface area contributed by atoms with Crippen molar-refractivity contribution in [3.05, 3.63) is 30.3 Å². The minimum Gasteiger partial charge on any atom is -0.353 e. The second-order valence-electron chi connectivity index (χ2n) is 6.47. The van der Waals surface area contributed by atoms with Crippen LogP contribution in [0.15, 0.2) is 24.5 Å². The van der Waals surface area contributed by atoms with Crippen LogP contribution >= 0.6 is 0 Å². The summed E-state index contributed by atoms with van der Waals surface area (Å²) in [4.78, 5) is 13.3. The van der Waals surface area contributed by atoms with E-state index in [4.69, 9.17) is 0 Å². The lowest BCUT2D eigenvalue weighted by Gasteiger charge is -2.49. The molecule has 3 heterocycles. The van der Waals surface area contributed by atoms with Crippen LogP contribution in [0.1, 0.15) is 26.2 Å². The zero-order valence-electron chi connectivity index (χ0n) is 12.9. The Labute approximate surface area is 130 Å². The van der Waals surface area contributed by atoms with Gasteiger partial charge in [-0.3, -0.25) is 4.90 Å². The standard InChI is InChI=1S/C17H21FN4/c1-12-5-2-3-8-22(12)13-9-21(10-13)17-16-14(18)6-4-7-15(16)19-11-20-17/h4,6-7,11-13H,2-3,5,8-10H2,1H3. The fourth-order valence-electron chi connectivity index (χ4n) is 3.79. The molecule has 4 nitrogen and oxygen atoms in total. The first-order chi connectivity index (χ1) is 10.7. The molecule has 2 aliphatic rings. The number of halogens is 1. The molecule has 1 unspecified atom stereocenters. The molecule has 2 fully saturated rings. The fourth-order valence-corrected chi connectivity index (χ4v) is 3.79. The van der Waals surface area contributed by atoms with Crippen molar-refractivity contribution in [1.82, 2.24) is 14.9 Å². The number of hydrogen-bond donors (Lipinski definition) is 0. The number of piperidine rings is 1. The summed E-state index contributed by atoms with van der Waals surface area (Å²) in [5.41, 5.74) is 0.680. The lowest BCUT2D eigenvalue weighted by atomic mass is 9.97. The Kier molecular flexibility index (Phi) is 3.45. The van der Waals surface area contributed by atoms with Crippen molar-refractivity contribution in [2.24, 2.45) is 0 Å². The Morgan fingerprint density at radius 3 is 2.86 bits per heavy atom. The molecule has 0 saturated carbocycles. The quantitative estimate of drug-likeness (QED) is 0.854. The third kappa shape index (κ3) is 2.24. The predicted octanol–water partition coefficient (Wildman–Crippen LogP) is 2.83. The lowest BCUT2D eigenvalue weighted by molar-refractivity contribution is 0.0873. The Hall–Kier alpha value is -1.75. The molecule has 1 aromatic carbocycles. The number of anilines is 1. The molecule has 116 valence electrons. The molecule has 1 atom stereocenters. The summed E-state index contributed by atoms with van der Waals surface area (Å²) >= 11 is 0. The van der Waals surface area contributed by atoms with E-state index in [1.165, 1.54) is 38.2 Å². The molecule has 5 heteroatoms. The summed E-state index contributed by atoms with van der Waals surface area (Å²) in [6.07, 6.45) is 5.47. The summed E-state index contributed by atoms with van der Waals surface area (Å²) in [5, 5.41) is 0.551. The van der Waals surface area contributed by atoms with E-state index in [9.17, 15) is 4.39 Å². The molecule has 4 rings (SSSR count). The summed E-state index contributed by atoms with van der Waals surface area (Å²) in [6, 6.07) is 6.27. The first kappa shape index (κ1) is 13.9. The highest BCUT2D eigenvalue weighted by Gasteiger charge is 2.36. The number of likely N-dealkylation sites (tertiary alicyclic amines) is 1. The van der Waals surface area contributed by atoms with E-state index in [1.807, 2.05) is 6.07 Å². The van der Waals surface area contributed by atoms with Gasteiger partial charge in [0.05, 0.1) is 10.9 Å². The summed E-state index contributed by atoms with van der Waals surface area (Å²) in [5.74, 6) is 0.506. The summed E-state index contributed by atoms with van der Waals surface area (Å²) in [7, 11) is 0. The van der Waals surface area contributed by atoms with Crippen LogP contribution < -0.4 is 4.90 Å². The molecule has 22 heavy (non-hydrogen) atoms. The van der Waals surface area contributed by atoms with Crippen LogP contribution in [0.25, 0.3) is 10.9 Å². The van der Waals surface area contributed by atoms with Crippen molar-refractivity contribution in [3.8, 4) is 0 Å². The molecule has 2 aromatic rings. The first-order valence-corrected chi connectivity index (χ1v) is 8.14. The van der Waals surface area contributed by atoms with Gasteiger partial charge in [0.2, 0.25) is 0 Å². The number of benzene rings is 1. The van der Waals surface area contributed by atoms with E-state index in [-0.39, 0.29) is 5.82 Å². The van der Waals surface area contributed by atoms with Crippen molar-refractivity contribution in [1.29, 1.82) is 0 Å². The Balaban J connectivity index is 1.56. The summed E-state index contributed by atoms with van der Waals surface area (Å²) < 4.78 is 14.2. The largest absolute Gasteiger partial charge is 0.353 e. The Bertz CT molecular complexity index is 678. The minimum atomic E-state index is -0.233. The molecule has 2 aliphatic heterocycles. The number of aromatic nitrogens is 2. The molecule has 0 aliphatic carbocycles. The van der Waals surface area contributed by atoms with Gasteiger partial charge < -0.3 is 4.90 Å². The van der Waals surface area contributed by atoms with Gasteiger partial charge in [-0.15, -0.1) is 0 Å². The van der Waals surface area contributed by atoms with Crippen molar-refractivity contribution in [3.63, 3.8) is 0 Å². The van der Waals surface area contributed by atoms with Crippen LogP contribution in [0.3, 0.4) is 0 Å². The van der Waals surface area contributed by atoms with Crippen LogP contribution in [-0.2, 0) is 0 Å². The zero-order valence-corrected chi connectivity index (χ0v) is 12.9. The molecule has 0 radical (unpaired) electrons. The molecule has 2 saturated heterocycles. The third-order valence-corrected chi connectivity index (χ3v) is 5.08. The summed E-state index contributed by atoms with van der Waals surface area (Å²) in [6.45, 7) is 5.38. The molecule has 0 spiro atoms. The van der Waals surface area contributed by atoms with Gasteiger partial charge in [0.25, 0.3) is 0 Å². The van der Waals surface area contributed by atoms with E-state index in [2.05, 4.69) is 26.7 Å². The Morgan fingerprint density at radius 1 is 1.18 bits per heavy atom. The monoisotopic (exact) mass is 300 g/mol. The zero-order chi connectivity index (χ0) is 15.1. The number of hydrogen-bond acceptors (Lipinski definition) is 4. The maximum atomic E-state index is 14.2. The topological polar surface area (TPSA) is 32.3 Å². The molecular formula is C17H21FN4. The number of rotatable bonds is 2.